The lowest BCUT2D eigenvalue weighted by Crippen LogP contribution is -2.28. The van der Waals surface area contributed by atoms with Gasteiger partial charge in [0.2, 0.25) is 11.8 Å². The van der Waals surface area contributed by atoms with E-state index < -0.39 is 0 Å². The molecule has 0 unspecified atom stereocenters. The van der Waals surface area contributed by atoms with Crippen molar-refractivity contribution < 1.29 is 9.59 Å². The number of nitrogens with two attached hydrogens (primary N) is 2. The Morgan fingerprint density at radius 2 is 2.04 bits per heavy atom. The molecule has 124 valence electrons. The summed E-state index contributed by atoms with van der Waals surface area (Å²) in [6, 6.07) is 7.22. The van der Waals surface area contributed by atoms with Crippen molar-refractivity contribution in [1.29, 1.82) is 0 Å². The summed E-state index contributed by atoms with van der Waals surface area (Å²) in [5.41, 5.74) is 7.74. The van der Waals surface area contributed by atoms with Crippen LogP contribution in [0.1, 0.15) is 24.8 Å². The molecule has 1 aromatic carbocycles. The van der Waals surface area contributed by atoms with E-state index in [9.17, 15) is 9.59 Å². The highest BCUT2D eigenvalue weighted by atomic mass is 16.2. The number of rotatable bonds is 7. The van der Waals surface area contributed by atoms with Gasteiger partial charge in [-0.1, -0.05) is 18.2 Å². The van der Waals surface area contributed by atoms with Gasteiger partial charge in [0, 0.05) is 37.7 Å². The van der Waals surface area contributed by atoms with Crippen molar-refractivity contribution in [3.8, 4) is 0 Å². The predicted octanol–water partition coefficient (Wildman–Crippen LogP) is 0.604. The molecule has 1 aromatic rings. The molecule has 7 heteroatoms. The summed E-state index contributed by atoms with van der Waals surface area (Å²) in [5.74, 6) is 5.56. The second kappa shape index (κ2) is 7.64. The van der Waals surface area contributed by atoms with E-state index in [-0.39, 0.29) is 24.2 Å². The minimum atomic E-state index is -0.178. The second-order valence-electron chi connectivity index (χ2n) is 5.66. The Bertz CT molecular complexity index is 608. The number of nitrogens with zero attached hydrogens (tertiary/aromatic N) is 1. The molecule has 0 atom stereocenters. The highest BCUT2D eigenvalue weighted by Crippen LogP contribution is 2.28. The predicted molar refractivity (Wildman–Crippen MR) is 89.5 cm³/mol. The number of para-hydroxylation sites is 1. The van der Waals surface area contributed by atoms with Crippen LogP contribution in [0.3, 0.4) is 0 Å². The zero-order chi connectivity index (χ0) is 16.8. The number of amides is 2. The smallest absolute Gasteiger partial charge is 0.226 e. The van der Waals surface area contributed by atoms with Gasteiger partial charge in [-0.3, -0.25) is 9.59 Å². The van der Waals surface area contributed by atoms with E-state index >= 15 is 0 Å². The Balaban J connectivity index is 1.91. The maximum Gasteiger partial charge on any atom is 0.226 e. The van der Waals surface area contributed by atoms with Crippen LogP contribution in [-0.4, -0.2) is 30.4 Å². The van der Waals surface area contributed by atoms with Crippen LogP contribution >= 0.6 is 0 Å². The fraction of sp³-hybridized carbons (Fsp3) is 0.375. The lowest BCUT2D eigenvalue weighted by molar-refractivity contribution is -0.122. The molecular formula is C16H23N5O2. The first-order chi connectivity index (χ1) is 11.0. The molecule has 0 aliphatic heterocycles. The van der Waals surface area contributed by atoms with Gasteiger partial charge in [-0.05, 0) is 18.9 Å². The summed E-state index contributed by atoms with van der Waals surface area (Å²) in [6.45, 7) is 0.334. The van der Waals surface area contributed by atoms with E-state index in [0.717, 1.165) is 12.8 Å². The first-order valence-electron chi connectivity index (χ1n) is 7.59. The van der Waals surface area contributed by atoms with Crippen LogP contribution in [0.4, 0.5) is 5.69 Å². The Morgan fingerprint density at radius 3 is 2.70 bits per heavy atom. The first-order valence-corrected chi connectivity index (χ1v) is 7.59. The molecule has 0 heterocycles. The SMILES string of the molecule is CN(N)/C=C(\N)c1ccccc1NC(=O)CCNC(=O)C1CC1. The van der Waals surface area contributed by atoms with Gasteiger partial charge >= 0.3 is 0 Å². The van der Waals surface area contributed by atoms with Gasteiger partial charge in [0.1, 0.15) is 0 Å². The van der Waals surface area contributed by atoms with Gasteiger partial charge in [-0.25, -0.2) is 5.84 Å². The molecule has 2 rings (SSSR count). The topological polar surface area (TPSA) is 113 Å². The zero-order valence-electron chi connectivity index (χ0n) is 13.2. The largest absolute Gasteiger partial charge is 0.397 e. The summed E-state index contributed by atoms with van der Waals surface area (Å²) in [6.07, 6.45) is 3.69. The van der Waals surface area contributed by atoms with Crippen molar-refractivity contribution in [1.82, 2.24) is 10.3 Å². The third-order valence-electron chi connectivity index (χ3n) is 3.45. The molecule has 1 aliphatic rings. The van der Waals surface area contributed by atoms with Gasteiger partial charge in [-0.2, -0.15) is 0 Å². The number of hydrazine groups is 1. The van der Waals surface area contributed by atoms with Crippen LogP contribution in [0.25, 0.3) is 5.70 Å². The van der Waals surface area contributed by atoms with E-state index in [1.54, 1.807) is 25.4 Å². The Morgan fingerprint density at radius 1 is 1.35 bits per heavy atom. The standard InChI is InChI=1S/C16H23N5O2/c1-21(18)10-13(17)12-4-2-3-5-14(12)20-15(22)8-9-19-16(23)11-6-7-11/h2-5,10-11H,6-9,17-18H2,1H3,(H,19,23)(H,20,22)/b13-10-. The van der Waals surface area contributed by atoms with Crippen LogP contribution in [0.2, 0.25) is 0 Å². The molecule has 1 saturated carbocycles. The van der Waals surface area contributed by atoms with Crippen molar-refractivity contribution in [2.24, 2.45) is 17.5 Å². The van der Waals surface area contributed by atoms with E-state index in [0.29, 0.717) is 23.5 Å². The van der Waals surface area contributed by atoms with Gasteiger partial charge in [0.05, 0.1) is 11.4 Å². The fourth-order valence-corrected chi connectivity index (χ4v) is 2.13. The molecule has 1 aliphatic carbocycles. The number of anilines is 1. The normalized spacial score (nSPS) is 14.3. The van der Waals surface area contributed by atoms with E-state index in [4.69, 9.17) is 11.6 Å². The lowest BCUT2D eigenvalue weighted by atomic mass is 10.1. The number of hydrogen-bond donors (Lipinski definition) is 4. The van der Waals surface area contributed by atoms with Crippen molar-refractivity contribution >= 4 is 23.2 Å². The molecule has 23 heavy (non-hydrogen) atoms. The molecule has 0 aromatic heterocycles. The maximum absolute atomic E-state index is 12.0. The molecule has 7 nitrogen and oxygen atoms in total. The van der Waals surface area contributed by atoms with Crippen LogP contribution in [-0.2, 0) is 9.59 Å². The molecular weight excluding hydrogens is 294 g/mol. The maximum atomic E-state index is 12.0. The van der Waals surface area contributed by atoms with Crippen molar-refractivity contribution in [2.45, 2.75) is 19.3 Å². The Hall–Kier alpha value is -2.54. The third kappa shape index (κ3) is 5.30. The minimum Gasteiger partial charge on any atom is -0.397 e. The molecule has 0 spiro atoms. The zero-order valence-corrected chi connectivity index (χ0v) is 13.2. The van der Waals surface area contributed by atoms with Crippen molar-refractivity contribution in [3.63, 3.8) is 0 Å². The lowest BCUT2D eigenvalue weighted by Gasteiger charge is -2.13. The summed E-state index contributed by atoms with van der Waals surface area (Å²) in [5, 5.41) is 6.93. The summed E-state index contributed by atoms with van der Waals surface area (Å²) in [4.78, 5) is 23.5. The highest BCUT2D eigenvalue weighted by Gasteiger charge is 2.29. The monoisotopic (exact) mass is 317 g/mol. The summed E-state index contributed by atoms with van der Waals surface area (Å²) >= 11 is 0. The number of carbonyl (C=O) groups excluding carboxylic acids is 2. The van der Waals surface area contributed by atoms with Crippen molar-refractivity contribution in [3.05, 3.63) is 36.0 Å². The minimum absolute atomic E-state index is 0.0383. The molecule has 0 radical (unpaired) electrons. The van der Waals surface area contributed by atoms with Gasteiger partial charge in [0.15, 0.2) is 0 Å². The van der Waals surface area contributed by atoms with Crippen LogP contribution in [0, 0.1) is 5.92 Å². The van der Waals surface area contributed by atoms with Crippen LogP contribution in [0.5, 0.6) is 0 Å². The van der Waals surface area contributed by atoms with E-state index in [1.165, 1.54) is 5.01 Å². The van der Waals surface area contributed by atoms with E-state index in [1.807, 2.05) is 12.1 Å². The van der Waals surface area contributed by atoms with E-state index in [2.05, 4.69) is 10.6 Å². The quantitative estimate of drug-likeness (QED) is 0.434. The number of nitrogens with one attached hydrogen (secondary N) is 2. The molecule has 2 amide bonds. The summed E-state index contributed by atoms with van der Waals surface area (Å²) in [7, 11) is 1.66. The first kappa shape index (κ1) is 16.8. The van der Waals surface area contributed by atoms with Gasteiger partial charge in [0.25, 0.3) is 0 Å². The van der Waals surface area contributed by atoms with Crippen LogP contribution in [0.15, 0.2) is 30.5 Å². The van der Waals surface area contributed by atoms with Crippen LogP contribution < -0.4 is 22.2 Å². The van der Waals surface area contributed by atoms with Gasteiger partial charge < -0.3 is 21.4 Å². The highest BCUT2D eigenvalue weighted by molar-refractivity contribution is 5.94. The third-order valence-corrected chi connectivity index (χ3v) is 3.45. The Labute approximate surface area is 135 Å². The molecule has 0 saturated heterocycles. The Kier molecular flexibility index (Phi) is 5.59. The second-order valence-corrected chi connectivity index (χ2v) is 5.66. The molecule has 6 N–H and O–H groups in total. The molecule has 1 fully saturated rings. The number of carbonyl (C=O) groups is 2. The van der Waals surface area contributed by atoms with Gasteiger partial charge in [-0.15, -0.1) is 0 Å². The average Bonchev–Trinajstić information content (AvgIpc) is 3.31. The number of hydrogen-bond acceptors (Lipinski definition) is 5. The average molecular weight is 317 g/mol. The number of benzene rings is 1. The fourth-order valence-electron chi connectivity index (χ4n) is 2.13. The molecule has 0 bridgehead atoms. The summed E-state index contributed by atoms with van der Waals surface area (Å²) < 4.78 is 0. The van der Waals surface area contributed by atoms with Crippen molar-refractivity contribution in [2.75, 3.05) is 18.9 Å².